The number of hydrogen-bond acceptors (Lipinski definition) is 5. The van der Waals surface area contributed by atoms with Crippen LogP contribution in [0.2, 0.25) is 0 Å². The van der Waals surface area contributed by atoms with E-state index in [0.29, 0.717) is 6.61 Å². The fourth-order valence-corrected chi connectivity index (χ4v) is 4.08. The third-order valence-electron chi connectivity index (χ3n) is 5.81. The number of hydrogen-bond donors (Lipinski definition) is 1. The Morgan fingerprint density at radius 2 is 1.81 bits per heavy atom. The zero-order chi connectivity index (χ0) is 21.5. The maximum Gasteiger partial charge on any atom is 0.137 e. The molecule has 0 radical (unpaired) electrons. The first-order chi connectivity index (χ1) is 15.3. The van der Waals surface area contributed by atoms with Crippen LogP contribution in [0.4, 0.5) is 5.82 Å². The van der Waals surface area contributed by atoms with Gasteiger partial charge in [0.1, 0.15) is 18.2 Å². The van der Waals surface area contributed by atoms with Crippen molar-refractivity contribution in [2.24, 2.45) is 0 Å². The molecule has 2 heterocycles. The normalized spacial score (nSPS) is 15.1. The number of anilines is 1. The Balaban J connectivity index is 1.56. The molecule has 5 heteroatoms. The third kappa shape index (κ3) is 5.24. The predicted octanol–water partition coefficient (Wildman–Crippen LogP) is 4.00. The van der Waals surface area contributed by atoms with E-state index in [2.05, 4.69) is 65.3 Å². The van der Waals surface area contributed by atoms with E-state index in [1.807, 2.05) is 18.2 Å². The molecule has 1 N–H and O–H groups in total. The highest BCUT2D eigenvalue weighted by Crippen LogP contribution is 2.27. The minimum Gasteiger partial charge on any atom is -0.491 e. The van der Waals surface area contributed by atoms with E-state index in [9.17, 15) is 0 Å². The molecule has 0 saturated carbocycles. The molecule has 31 heavy (non-hydrogen) atoms. The highest BCUT2D eigenvalue weighted by Gasteiger charge is 2.19. The van der Waals surface area contributed by atoms with E-state index in [0.717, 1.165) is 62.0 Å². The van der Waals surface area contributed by atoms with Crippen LogP contribution in [-0.2, 0) is 6.42 Å². The van der Waals surface area contributed by atoms with Gasteiger partial charge in [-0.3, -0.25) is 0 Å². The van der Waals surface area contributed by atoms with Gasteiger partial charge < -0.3 is 19.6 Å². The van der Waals surface area contributed by atoms with Crippen molar-refractivity contribution in [1.29, 1.82) is 0 Å². The van der Waals surface area contributed by atoms with Crippen LogP contribution in [0.3, 0.4) is 0 Å². The molecule has 162 valence electrons. The molecule has 0 atom stereocenters. The summed E-state index contributed by atoms with van der Waals surface area (Å²) in [5.74, 6) is 1.90. The van der Waals surface area contributed by atoms with Crippen LogP contribution in [0.5, 0.6) is 5.75 Å². The van der Waals surface area contributed by atoms with Gasteiger partial charge in [0.05, 0.1) is 12.3 Å². The Labute approximate surface area is 184 Å². The summed E-state index contributed by atoms with van der Waals surface area (Å²) in [5.41, 5.74) is 2.07. The first-order valence-corrected chi connectivity index (χ1v) is 11.1. The number of piperazine rings is 1. The van der Waals surface area contributed by atoms with Crippen LogP contribution in [0.1, 0.15) is 18.2 Å². The number of ether oxygens (including phenoxy) is 1. The smallest absolute Gasteiger partial charge is 0.137 e. The zero-order valence-electron chi connectivity index (χ0n) is 18.2. The highest BCUT2D eigenvalue weighted by atomic mass is 16.5. The summed E-state index contributed by atoms with van der Waals surface area (Å²) in [6, 6.07) is 18.6. The lowest BCUT2D eigenvalue weighted by atomic mass is 10.1. The Morgan fingerprint density at radius 3 is 2.61 bits per heavy atom. The van der Waals surface area contributed by atoms with Crippen LogP contribution in [0.15, 0.2) is 60.7 Å². The highest BCUT2D eigenvalue weighted by molar-refractivity contribution is 5.93. The summed E-state index contributed by atoms with van der Waals surface area (Å²) in [4.78, 5) is 9.94. The van der Waals surface area contributed by atoms with E-state index in [4.69, 9.17) is 14.8 Å². The van der Waals surface area contributed by atoms with Crippen molar-refractivity contribution in [3.8, 4) is 5.75 Å². The average Bonchev–Trinajstić information content (AvgIpc) is 2.83. The molecule has 4 rings (SSSR count). The molecular formula is C26H31N3O2. The molecule has 1 aliphatic heterocycles. The Hall–Kier alpha value is -2.89. The van der Waals surface area contributed by atoms with Gasteiger partial charge in [0.15, 0.2) is 0 Å². The van der Waals surface area contributed by atoms with Crippen molar-refractivity contribution >= 4 is 22.7 Å². The zero-order valence-corrected chi connectivity index (χ0v) is 18.2. The standard InChI is InChI=1S/C26H31N3O2/c1-2-28-14-16-29(17-15-28)26-24-12-5-3-9-22(24)20-23(27-26)11-7-10-21-8-4-6-13-25(21)31-19-18-30/h3-9,11-13,20,30H,2,10,14-19H2,1H3. The van der Waals surface area contributed by atoms with Crippen molar-refractivity contribution < 1.29 is 9.84 Å². The van der Waals surface area contributed by atoms with Crippen LogP contribution in [0.25, 0.3) is 16.8 Å². The SMILES string of the molecule is CCN1CCN(c2nc(C=CCc3ccccc3OCCO)cc3ccccc23)CC1. The molecule has 3 aromatic rings. The third-order valence-corrected chi connectivity index (χ3v) is 5.81. The summed E-state index contributed by atoms with van der Waals surface area (Å²) in [6.45, 7) is 7.83. The number of para-hydroxylation sites is 1. The van der Waals surface area contributed by atoms with E-state index in [1.54, 1.807) is 0 Å². The molecule has 2 aromatic carbocycles. The number of aliphatic hydroxyl groups excluding tert-OH is 1. The minimum absolute atomic E-state index is 0.0144. The number of fused-ring (bicyclic) bond motifs is 1. The van der Waals surface area contributed by atoms with Gasteiger partial charge in [0, 0.05) is 31.6 Å². The molecule has 0 amide bonds. The van der Waals surface area contributed by atoms with Gasteiger partial charge in [-0.25, -0.2) is 4.98 Å². The maximum absolute atomic E-state index is 9.04. The van der Waals surface area contributed by atoms with Gasteiger partial charge in [0.2, 0.25) is 0 Å². The number of nitrogens with zero attached hydrogens (tertiary/aromatic N) is 3. The average molecular weight is 418 g/mol. The summed E-state index contributed by atoms with van der Waals surface area (Å²) in [5, 5.41) is 11.5. The van der Waals surface area contributed by atoms with Gasteiger partial charge in [-0.15, -0.1) is 0 Å². The molecule has 0 spiro atoms. The van der Waals surface area contributed by atoms with Crippen molar-refractivity contribution in [1.82, 2.24) is 9.88 Å². The van der Waals surface area contributed by atoms with E-state index < -0.39 is 0 Å². The van der Waals surface area contributed by atoms with Gasteiger partial charge in [0.25, 0.3) is 0 Å². The molecule has 0 unspecified atom stereocenters. The fraction of sp³-hybridized carbons (Fsp3) is 0.346. The summed E-state index contributed by atoms with van der Waals surface area (Å²) < 4.78 is 5.65. The number of aromatic nitrogens is 1. The number of likely N-dealkylation sites (N-methyl/N-ethyl adjacent to an activating group) is 1. The van der Waals surface area contributed by atoms with Crippen LogP contribution in [0, 0.1) is 0 Å². The number of benzene rings is 2. The van der Waals surface area contributed by atoms with Gasteiger partial charge in [-0.2, -0.15) is 0 Å². The second-order valence-electron chi connectivity index (χ2n) is 7.80. The van der Waals surface area contributed by atoms with Crippen LogP contribution in [-0.4, -0.2) is 60.9 Å². The van der Waals surface area contributed by atoms with Crippen molar-refractivity contribution in [3.63, 3.8) is 0 Å². The van der Waals surface area contributed by atoms with Crippen LogP contribution >= 0.6 is 0 Å². The molecule has 0 aliphatic carbocycles. The first kappa shape index (κ1) is 21.3. The van der Waals surface area contributed by atoms with Crippen molar-refractivity contribution in [2.75, 3.05) is 50.8 Å². The largest absolute Gasteiger partial charge is 0.491 e. The summed E-state index contributed by atoms with van der Waals surface area (Å²) >= 11 is 0. The van der Waals surface area contributed by atoms with E-state index >= 15 is 0 Å². The lowest BCUT2D eigenvalue weighted by Crippen LogP contribution is -2.46. The number of rotatable bonds is 8. The summed E-state index contributed by atoms with van der Waals surface area (Å²) in [7, 11) is 0. The van der Waals surface area contributed by atoms with Crippen LogP contribution < -0.4 is 9.64 Å². The lowest BCUT2D eigenvalue weighted by Gasteiger charge is -2.35. The van der Waals surface area contributed by atoms with Gasteiger partial charge >= 0.3 is 0 Å². The number of aliphatic hydroxyl groups is 1. The molecular weight excluding hydrogens is 386 g/mol. The molecule has 1 aliphatic rings. The fourth-order valence-electron chi connectivity index (χ4n) is 4.08. The predicted molar refractivity (Wildman–Crippen MR) is 128 cm³/mol. The van der Waals surface area contributed by atoms with Gasteiger partial charge in [-0.05, 0) is 42.1 Å². The summed E-state index contributed by atoms with van der Waals surface area (Å²) in [6.07, 6.45) is 4.98. The molecule has 1 fully saturated rings. The van der Waals surface area contributed by atoms with E-state index in [-0.39, 0.29) is 6.61 Å². The maximum atomic E-state index is 9.04. The minimum atomic E-state index is 0.0144. The molecule has 5 nitrogen and oxygen atoms in total. The Kier molecular flexibility index (Phi) is 7.18. The lowest BCUT2D eigenvalue weighted by molar-refractivity contribution is 0.200. The monoisotopic (exact) mass is 417 g/mol. The topological polar surface area (TPSA) is 48.8 Å². The number of pyridine rings is 1. The molecule has 0 bridgehead atoms. The van der Waals surface area contributed by atoms with Crippen molar-refractivity contribution in [3.05, 3.63) is 71.9 Å². The first-order valence-electron chi connectivity index (χ1n) is 11.1. The second-order valence-corrected chi connectivity index (χ2v) is 7.80. The van der Waals surface area contributed by atoms with Gasteiger partial charge in [-0.1, -0.05) is 55.5 Å². The van der Waals surface area contributed by atoms with Crippen molar-refractivity contribution in [2.45, 2.75) is 13.3 Å². The number of allylic oxidation sites excluding steroid dienone is 1. The quantitative estimate of drug-likeness (QED) is 0.600. The Bertz CT molecular complexity index is 1030. The second kappa shape index (κ2) is 10.4. The van der Waals surface area contributed by atoms with E-state index in [1.165, 1.54) is 10.8 Å². The molecule has 1 aromatic heterocycles. The Morgan fingerprint density at radius 1 is 1.03 bits per heavy atom. The molecule has 1 saturated heterocycles.